The number of amides is 1. The Hall–Kier alpha value is -2.80. The molecule has 1 aliphatic heterocycles. The van der Waals surface area contributed by atoms with Crippen molar-refractivity contribution in [2.24, 2.45) is 0 Å². The molecule has 2 aromatic carbocycles. The van der Waals surface area contributed by atoms with Crippen molar-refractivity contribution >= 4 is 23.6 Å². The van der Waals surface area contributed by atoms with Crippen LogP contribution in [0.3, 0.4) is 0 Å². The number of anilines is 1. The van der Waals surface area contributed by atoms with E-state index < -0.39 is 0 Å². The van der Waals surface area contributed by atoms with Gasteiger partial charge >= 0.3 is 0 Å². The fourth-order valence-corrected chi connectivity index (χ4v) is 5.06. The Kier molecular flexibility index (Phi) is 6.17. The van der Waals surface area contributed by atoms with E-state index in [0.29, 0.717) is 11.8 Å². The number of nitrogens with zero attached hydrogens (tertiary/aromatic N) is 4. The van der Waals surface area contributed by atoms with E-state index in [1.54, 1.807) is 0 Å². The number of aromatic nitrogens is 3. The van der Waals surface area contributed by atoms with Crippen LogP contribution < -0.4 is 10.2 Å². The van der Waals surface area contributed by atoms with Crippen LogP contribution in [0.15, 0.2) is 59.8 Å². The van der Waals surface area contributed by atoms with E-state index in [1.807, 2.05) is 25.1 Å². The van der Waals surface area contributed by atoms with Gasteiger partial charge in [-0.2, -0.15) is 0 Å². The van der Waals surface area contributed by atoms with Gasteiger partial charge in [-0.25, -0.2) is 0 Å². The van der Waals surface area contributed by atoms with Crippen molar-refractivity contribution in [3.8, 4) is 11.1 Å². The van der Waals surface area contributed by atoms with E-state index in [0.717, 1.165) is 29.8 Å². The molecule has 1 N–H and O–H groups in total. The van der Waals surface area contributed by atoms with Crippen molar-refractivity contribution in [2.75, 3.05) is 23.7 Å². The SMILES string of the molecule is CC(NC(=O)CSc1nnc(N2CCCC2)n1C1CC1)c1ccc(-c2ccccc2)cc1. The van der Waals surface area contributed by atoms with Crippen LogP contribution in [0, 0.1) is 0 Å². The number of carbonyl (C=O) groups excluding carboxylic acids is 1. The van der Waals surface area contributed by atoms with Crippen LogP contribution in [0.25, 0.3) is 11.1 Å². The summed E-state index contributed by atoms with van der Waals surface area (Å²) in [4.78, 5) is 15.0. The molecule has 166 valence electrons. The van der Waals surface area contributed by atoms with Crippen molar-refractivity contribution in [1.29, 1.82) is 0 Å². The van der Waals surface area contributed by atoms with Gasteiger partial charge < -0.3 is 10.2 Å². The molecular weight excluding hydrogens is 418 g/mol. The van der Waals surface area contributed by atoms with Crippen molar-refractivity contribution in [2.45, 2.75) is 49.8 Å². The van der Waals surface area contributed by atoms with Crippen LogP contribution in [0.1, 0.15) is 50.3 Å². The van der Waals surface area contributed by atoms with Gasteiger partial charge in [0, 0.05) is 19.1 Å². The van der Waals surface area contributed by atoms with E-state index in [2.05, 4.69) is 61.4 Å². The molecule has 1 amide bonds. The van der Waals surface area contributed by atoms with E-state index in [1.165, 1.54) is 48.6 Å². The van der Waals surface area contributed by atoms with Gasteiger partial charge in [-0.1, -0.05) is 66.4 Å². The first kappa shape index (κ1) is 21.1. The normalized spacial score (nSPS) is 16.8. The highest BCUT2D eigenvalue weighted by Crippen LogP contribution is 2.41. The van der Waals surface area contributed by atoms with Crippen LogP contribution in [0.4, 0.5) is 5.95 Å². The van der Waals surface area contributed by atoms with Crippen molar-refractivity contribution in [1.82, 2.24) is 20.1 Å². The van der Waals surface area contributed by atoms with Crippen molar-refractivity contribution < 1.29 is 4.79 Å². The summed E-state index contributed by atoms with van der Waals surface area (Å²) in [5.41, 5.74) is 3.47. The van der Waals surface area contributed by atoms with E-state index in [-0.39, 0.29) is 11.9 Å². The van der Waals surface area contributed by atoms with Gasteiger partial charge in [0.2, 0.25) is 11.9 Å². The molecule has 1 aromatic heterocycles. The Labute approximate surface area is 193 Å². The highest BCUT2D eigenvalue weighted by molar-refractivity contribution is 7.99. The predicted molar refractivity (Wildman–Crippen MR) is 129 cm³/mol. The van der Waals surface area contributed by atoms with Gasteiger partial charge in [-0.15, -0.1) is 10.2 Å². The van der Waals surface area contributed by atoms with Gasteiger partial charge in [0.15, 0.2) is 5.16 Å². The lowest BCUT2D eigenvalue weighted by atomic mass is 10.0. The summed E-state index contributed by atoms with van der Waals surface area (Å²) in [5.74, 6) is 1.35. The highest BCUT2D eigenvalue weighted by atomic mass is 32.2. The van der Waals surface area contributed by atoms with Gasteiger partial charge in [0.1, 0.15) is 0 Å². The van der Waals surface area contributed by atoms with Crippen LogP contribution in [0.2, 0.25) is 0 Å². The van der Waals surface area contributed by atoms with Crippen LogP contribution in [-0.4, -0.2) is 39.5 Å². The van der Waals surface area contributed by atoms with Crippen LogP contribution >= 0.6 is 11.8 Å². The van der Waals surface area contributed by atoms with Gasteiger partial charge in [-0.05, 0) is 49.3 Å². The second kappa shape index (κ2) is 9.36. The average molecular weight is 448 g/mol. The number of rotatable bonds is 8. The molecule has 7 heteroatoms. The first-order valence-electron chi connectivity index (χ1n) is 11.5. The third kappa shape index (κ3) is 4.67. The summed E-state index contributed by atoms with van der Waals surface area (Å²) in [6.45, 7) is 4.13. The summed E-state index contributed by atoms with van der Waals surface area (Å²) in [5, 5.41) is 12.9. The van der Waals surface area contributed by atoms with Crippen molar-refractivity contribution in [3.63, 3.8) is 0 Å². The third-order valence-corrected chi connectivity index (χ3v) is 7.12. The van der Waals surface area contributed by atoms with Gasteiger partial charge in [0.25, 0.3) is 0 Å². The molecule has 0 radical (unpaired) electrons. The topological polar surface area (TPSA) is 63.1 Å². The molecule has 6 nitrogen and oxygen atoms in total. The summed E-state index contributed by atoms with van der Waals surface area (Å²) in [6, 6.07) is 19.2. The fourth-order valence-electron chi connectivity index (χ4n) is 4.24. The standard InChI is InChI=1S/C25H29N5OS/c1-18(19-9-11-21(12-10-19)20-7-3-2-4-8-20)26-23(31)17-32-25-28-27-24(29-15-5-6-16-29)30(25)22-13-14-22/h2-4,7-12,18,22H,5-6,13-17H2,1H3,(H,26,31). The lowest BCUT2D eigenvalue weighted by molar-refractivity contribution is -0.119. The molecular formula is C25H29N5OS. The third-order valence-electron chi connectivity index (χ3n) is 6.18. The van der Waals surface area contributed by atoms with E-state index in [4.69, 9.17) is 0 Å². The summed E-state index contributed by atoms with van der Waals surface area (Å²) < 4.78 is 2.26. The minimum absolute atomic E-state index is 0.0164. The van der Waals surface area contributed by atoms with E-state index in [9.17, 15) is 4.79 Å². The number of hydrogen-bond acceptors (Lipinski definition) is 5. The number of hydrogen-bond donors (Lipinski definition) is 1. The zero-order valence-corrected chi connectivity index (χ0v) is 19.2. The maximum absolute atomic E-state index is 12.6. The summed E-state index contributed by atoms with van der Waals surface area (Å²) in [7, 11) is 0. The second-order valence-electron chi connectivity index (χ2n) is 8.64. The molecule has 0 bridgehead atoms. The number of benzene rings is 2. The maximum Gasteiger partial charge on any atom is 0.230 e. The first-order chi connectivity index (χ1) is 15.7. The quantitative estimate of drug-likeness (QED) is 0.500. The second-order valence-corrected chi connectivity index (χ2v) is 9.59. The minimum atomic E-state index is -0.0469. The molecule has 32 heavy (non-hydrogen) atoms. The molecule has 2 heterocycles. The zero-order chi connectivity index (χ0) is 21.9. The molecule has 0 spiro atoms. The maximum atomic E-state index is 12.6. The minimum Gasteiger partial charge on any atom is -0.349 e. The number of thioether (sulfide) groups is 1. The molecule has 1 aliphatic carbocycles. The molecule has 3 aromatic rings. The lowest BCUT2D eigenvalue weighted by Gasteiger charge is -2.18. The average Bonchev–Trinajstić information content (AvgIpc) is 3.34. The molecule has 5 rings (SSSR count). The predicted octanol–water partition coefficient (Wildman–Crippen LogP) is 4.85. The van der Waals surface area contributed by atoms with Crippen molar-refractivity contribution in [3.05, 3.63) is 60.2 Å². The molecule has 1 saturated heterocycles. The summed E-state index contributed by atoms with van der Waals surface area (Å²) >= 11 is 1.49. The largest absolute Gasteiger partial charge is 0.349 e. The molecule has 1 atom stereocenters. The Bertz CT molecular complexity index is 1060. The fraction of sp³-hybridized carbons (Fsp3) is 0.400. The smallest absolute Gasteiger partial charge is 0.230 e. The first-order valence-corrected chi connectivity index (χ1v) is 12.4. The number of nitrogens with one attached hydrogen (secondary N) is 1. The molecule has 2 aliphatic rings. The van der Waals surface area contributed by atoms with Gasteiger partial charge in [-0.3, -0.25) is 9.36 Å². The Balaban J connectivity index is 1.18. The Morgan fingerprint density at radius 2 is 1.72 bits per heavy atom. The summed E-state index contributed by atoms with van der Waals surface area (Å²) in [6.07, 6.45) is 4.78. The zero-order valence-electron chi connectivity index (χ0n) is 18.4. The number of carbonyl (C=O) groups is 1. The highest BCUT2D eigenvalue weighted by Gasteiger charge is 2.32. The Morgan fingerprint density at radius 1 is 1.03 bits per heavy atom. The monoisotopic (exact) mass is 447 g/mol. The van der Waals surface area contributed by atoms with Crippen LogP contribution in [0.5, 0.6) is 0 Å². The Morgan fingerprint density at radius 3 is 2.41 bits per heavy atom. The van der Waals surface area contributed by atoms with E-state index >= 15 is 0 Å². The lowest BCUT2D eigenvalue weighted by Crippen LogP contribution is -2.28. The molecule has 1 unspecified atom stereocenters. The molecule has 1 saturated carbocycles. The van der Waals surface area contributed by atoms with Crippen LogP contribution in [-0.2, 0) is 4.79 Å². The molecule has 2 fully saturated rings. The van der Waals surface area contributed by atoms with Gasteiger partial charge in [0.05, 0.1) is 11.8 Å².